The molecule has 3 aromatic rings. The molecule has 152 valence electrons. The van der Waals surface area contributed by atoms with Crippen LogP contribution < -0.4 is 0 Å². The van der Waals surface area contributed by atoms with Gasteiger partial charge in [-0.15, -0.1) is 10.2 Å². The van der Waals surface area contributed by atoms with E-state index in [1.165, 1.54) is 11.8 Å². The first kappa shape index (κ1) is 22.0. The lowest BCUT2D eigenvalue weighted by Gasteiger charge is -2.13. The van der Waals surface area contributed by atoms with E-state index in [-0.39, 0.29) is 11.0 Å². The minimum absolute atomic E-state index is 0.0493. The van der Waals surface area contributed by atoms with Gasteiger partial charge in [0, 0.05) is 35.9 Å². The number of ether oxygens (including phenoxy) is 1. The Kier molecular flexibility index (Phi) is 7.89. The van der Waals surface area contributed by atoms with Crippen LogP contribution in [-0.2, 0) is 11.3 Å². The van der Waals surface area contributed by atoms with Crippen LogP contribution in [0.5, 0.6) is 0 Å². The normalized spacial score (nSPS) is 12.1. The largest absolute Gasteiger partial charge is 0.385 e. The van der Waals surface area contributed by atoms with Gasteiger partial charge in [-0.1, -0.05) is 63.6 Å². The molecule has 1 heterocycles. The van der Waals surface area contributed by atoms with Gasteiger partial charge < -0.3 is 9.30 Å². The first-order valence-corrected chi connectivity index (χ1v) is 11.2. The fourth-order valence-corrected chi connectivity index (χ4v) is 4.28. The molecule has 2 aromatic carbocycles. The number of thioether (sulfide) groups is 1. The summed E-state index contributed by atoms with van der Waals surface area (Å²) in [7, 11) is 1.68. The van der Waals surface area contributed by atoms with Crippen molar-refractivity contribution in [3.8, 4) is 11.4 Å². The SMILES string of the molecule is COCCCn1c(SC(C)C(=O)c2ccc(Br)cc2)nnc1-c1ccccc1Cl. The van der Waals surface area contributed by atoms with E-state index in [0.29, 0.717) is 34.7 Å². The van der Waals surface area contributed by atoms with Gasteiger partial charge in [0.05, 0.1) is 10.3 Å². The molecule has 8 heteroatoms. The highest BCUT2D eigenvalue weighted by molar-refractivity contribution is 9.10. The van der Waals surface area contributed by atoms with Crippen LogP contribution in [0.3, 0.4) is 0 Å². The van der Waals surface area contributed by atoms with E-state index in [4.69, 9.17) is 16.3 Å². The van der Waals surface area contributed by atoms with E-state index in [0.717, 1.165) is 16.5 Å². The van der Waals surface area contributed by atoms with Crippen LogP contribution in [0, 0.1) is 0 Å². The molecule has 1 unspecified atom stereocenters. The maximum atomic E-state index is 12.8. The summed E-state index contributed by atoms with van der Waals surface area (Å²) in [5, 5.41) is 9.73. The van der Waals surface area contributed by atoms with Crippen LogP contribution in [0.1, 0.15) is 23.7 Å². The van der Waals surface area contributed by atoms with Gasteiger partial charge in [0.25, 0.3) is 0 Å². The van der Waals surface area contributed by atoms with Gasteiger partial charge in [-0.05, 0) is 37.6 Å². The molecule has 29 heavy (non-hydrogen) atoms. The number of halogens is 2. The molecule has 0 amide bonds. The van der Waals surface area contributed by atoms with E-state index in [1.807, 2.05) is 60.0 Å². The van der Waals surface area contributed by atoms with Crippen LogP contribution in [0.2, 0.25) is 5.02 Å². The minimum atomic E-state index is -0.305. The summed E-state index contributed by atoms with van der Waals surface area (Å²) in [6.07, 6.45) is 0.800. The predicted octanol–water partition coefficient (Wildman–Crippen LogP) is 5.76. The van der Waals surface area contributed by atoms with Crippen LogP contribution in [0.25, 0.3) is 11.4 Å². The average Bonchev–Trinajstić information content (AvgIpc) is 3.11. The zero-order chi connectivity index (χ0) is 20.8. The van der Waals surface area contributed by atoms with E-state index < -0.39 is 0 Å². The molecule has 3 rings (SSSR count). The number of rotatable bonds is 9. The highest BCUT2D eigenvalue weighted by Gasteiger charge is 2.22. The van der Waals surface area contributed by atoms with Crippen molar-refractivity contribution in [1.82, 2.24) is 14.8 Å². The van der Waals surface area contributed by atoms with Gasteiger partial charge in [-0.25, -0.2) is 0 Å². The molecule has 0 N–H and O–H groups in total. The van der Waals surface area contributed by atoms with Crippen molar-refractivity contribution < 1.29 is 9.53 Å². The monoisotopic (exact) mass is 493 g/mol. The van der Waals surface area contributed by atoms with Gasteiger partial charge in [-0.3, -0.25) is 4.79 Å². The summed E-state index contributed by atoms with van der Waals surface area (Å²) < 4.78 is 8.14. The second kappa shape index (κ2) is 10.4. The molecule has 0 aliphatic rings. The highest BCUT2D eigenvalue weighted by Crippen LogP contribution is 2.31. The maximum absolute atomic E-state index is 12.8. The molecule has 0 saturated heterocycles. The first-order chi connectivity index (χ1) is 14.0. The first-order valence-electron chi connectivity index (χ1n) is 9.14. The molecule has 0 aliphatic heterocycles. The molecule has 0 fully saturated rings. The summed E-state index contributed by atoms with van der Waals surface area (Å²) in [4.78, 5) is 12.8. The second-order valence-electron chi connectivity index (χ2n) is 6.42. The van der Waals surface area contributed by atoms with E-state index in [2.05, 4.69) is 26.1 Å². The molecule has 1 aromatic heterocycles. The minimum Gasteiger partial charge on any atom is -0.385 e. The van der Waals surface area contributed by atoms with Gasteiger partial charge in [-0.2, -0.15) is 0 Å². The number of methoxy groups -OCH3 is 1. The van der Waals surface area contributed by atoms with Crippen molar-refractivity contribution in [3.05, 3.63) is 63.6 Å². The van der Waals surface area contributed by atoms with Crippen molar-refractivity contribution >= 4 is 45.1 Å². The van der Waals surface area contributed by atoms with E-state index in [9.17, 15) is 4.79 Å². The lowest BCUT2D eigenvalue weighted by Crippen LogP contribution is -2.15. The molecule has 5 nitrogen and oxygen atoms in total. The number of hydrogen-bond donors (Lipinski definition) is 0. The van der Waals surface area contributed by atoms with Crippen molar-refractivity contribution in [1.29, 1.82) is 0 Å². The third-order valence-electron chi connectivity index (χ3n) is 4.34. The van der Waals surface area contributed by atoms with Gasteiger partial charge in [0.15, 0.2) is 16.8 Å². The van der Waals surface area contributed by atoms with Crippen LogP contribution in [-0.4, -0.2) is 39.5 Å². The number of benzene rings is 2. The van der Waals surface area contributed by atoms with Crippen LogP contribution >= 0.6 is 39.3 Å². The van der Waals surface area contributed by atoms with Crippen LogP contribution in [0.15, 0.2) is 58.2 Å². The fraction of sp³-hybridized carbons (Fsp3) is 0.286. The molecule has 0 bridgehead atoms. The smallest absolute Gasteiger partial charge is 0.192 e. The Morgan fingerprint density at radius 3 is 2.62 bits per heavy atom. The Bertz CT molecular complexity index is 978. The lowest BCUT2D eigenvalue weighted by molar-refractivity contribution is 0.0994. The Morgan fingerprint density at radius 1 is 1.21 bits per heavy atom. The summed E-state index contributed by atoms with van der Waals surface area (Å²) in [5.41, 5.74) is 1.49. The van der Waals surface area contributed by atoms with Crippen LogP contribution in [0.4, 0.5) is 0 Å². The average molecular weight is 495 g/mol. The van der Waals surface area contributed by atoms with Crippen molar-refractivity contribution in [2.24, 2.45) is 0 Å². The molecule has 0 radical (unpaired) electrons. The number of ketones is 1. The zero-order valence-corrected chi connectivity index (χ0v) is 19.3. The van der Waals surface area contributed by atoms with Crippen molar-refractivity contribution in [2.75, 3.05) is 13.7 Å². The van der Waals surface area contributed by atoms with Gasteiger partial charge >= 0.3 is 0 Å². The topological polar surface area (TPSA) is 57.0 Å². The number of carbonyl (C=O) groups excluding carboxylic acids is 1. The zero-order valence-electron chi connectivity index (χ0n) is 16.1. The van der Waals surface area contributed by atoms with E-state index >= 15 is 0 Å². The number of aromatic nitrogens is 3. The summed E-state index contributed by atoms with van der Waals surface area (Å²) in [6, 6.07) is 14.9. The third kappa shape index (κ3) is 5.48. The number of Topliss-reactive ketones (excluding diaryl/α,β-unsaturated/α-hetero) is 1. The molecule has 1 atom stereocenters. The van der Waals surface area contributed by atoms with E-state index in [1.54, 1.807) is 7.11 Å². The summed E-state index contributed by atoms with van der Waals surface area (Å²) >= 11 is 11.2. The quantitative estimate of drug-likeness (QED) is 0.215. The third-order valence-corrected chi connectivity index (χ3v) is 6.28. The summed E-state index contributed by atoms with van der Waals surface area (Å²) in [5.74, 6) is 0.741. The number of hydrogen-bond acceptors (Lipinski definition) is 5. The van der Waals surface area contributed by atoms with Crippen molar-refractivity contribution in [3.63, 3.8) is 0 Å². The molecule has 0 aliphatic carbocycles. The van der Waals surface area contributed by atoms with Gasteiger partial charge in [0.2, 0.25) is 0 Å². The Balaban J connectivity index is 1.87. The fourth-order valence-electron chi connectivity index (χ4n) is 2.85. The standard InChI is InChI=1S/C21H21BrClN3O2S/c1-14(19(27)15-8-10-16(22)11-9-15)29-21-25-24-20(26(21)12-5-13-28-2)17-6-3-4-7-18(17)23/h3-4,6-11,14H,5,12-13H2,1-2H3. The molecular formula is C21H21BrClN3O2S. The maximum Gasteiger partial charge on any atom is 0.192 e. The predicted molar refractivity (Wildman–Crippen MR) is 121 cm³/mol. The Labute approximate surface area is 187 Å². The van der Waals surface area contributed by atoms with Crippen molar-refractivity contribution in [2.45, 2.75) is 30.3 Å². The molecule has 0 spiro atoms. The van der Waals surface area contributed by atoms with Gasteiger partial charge in [0.1, 0.15) is 0 Å². The lowest BCUT2D eigenvalue weighted by atomic mass is 10.1. The second-order valence-corrected chi connectivity index (χ2v) is 9.05. The number of carbonyl (C=O) groups is 1. The Morgan fingerprint density at radius 2 is 1.93 bits per heavy atom. The highest BCUT2D eigenvalue weighted by atomic mass is 79.9. The molecule has 0 saturated carbocycles. The Hall–Kier alpha value is -1.67. The number of nitrogens with zero attached hydrogens (tertiary/aromatic N) is 3. The molecular weight excluding hydrogens is 474 g/mol. The summed E-state index contributed by atoms with van der Waals surface area (Å²) in [6.45, 7) is 3.18.